The van der Waals surface area contributed by atoms with E-state index in [1.54, 1.807) is 19.1 Å². The van der Waals surface area contributed by atoms with E-state index in [0.717, 1.165) is 0 Å². The SMILES string of the molecule is Cc1cc(Oc2cc(NC(=O)Nc3cc(C(F)(F)F)cc(C(F)(F)F)c3)ccc2Cl)ccc1C#N. The Morgan fingerprint density at radius 3 is 2.03 bits per heavy atom. The number of benzene rings is 3. The zero-order valence-corrected chi connectivity index (χ0v) is 18.4. The van der Waals surface area contributed by atoms with Crippen molar-refractivity contribution in [3.8, 4) is 17.6 Å². The summed E-state index contributed by atoms with van der Waals surface area (Å²) in [7, 11) is 0. The molecule has 12 heteroatoms. The molecular weight excluding hydrogens is 500 g/mol. The molecule has 3 aromatic carbocycles. The number of hydrogen-bond donors (Lipinski definition) is 2. The second-order valence-corrected chi connectivity index (χ2v) is 7.62. The predicted octanol–water partition coefficient (Wildman–Crippen LogP) is 7.99. The van der Waals surface area contributed by atoms with Crippen LogP contribution in [0, 0.1) is 18.3 Å². The number of urea groups is 1. The molecule has 0 aliphatic rings. The van der Waals surface area contributed by atoms with E-state index in [1.165, 1.54) is 24.3 Å². The molecule has 0 atom stereocenters. The molecule has 3 rings (SSSR count). The molecule has 3 aromatic rings. The largest absolute Gasteiger partial charge is 0.456 e. The fourth-order valence-electron chi connectivity index (χ4n) is 2.93. The van der Waals surface area contributed by atoms with E-state index in [4.69, 9.17) is 21.6 Å². The van der Waals surface area contributed by atoms with E-state index in [9.17, 15) is 31.1 Å². The van der Waals surface area contributed by atoms with E-state index in [0.29, 0.717) is 29.0 Å². The lowest BCUT2D eigenvalue weighted by Gasteiger charge is -2.15. The molecule has 5 nitrogen and oxygen atoms in total. The van der Waals surface area contributed by atoms with Crippen molar-refractivity contribution in [3.05, 3.63) is 81.9 Å². The summed E-state index contributed by atoms with van der Waals surface area (Å²) in [5.74, 6) is 0.445. The van der Waals surface area contributed by atoms with Crippen molar-refractivity contribution >= 4 is 29.0 Å². The summed E-state index contributed by atoms with van der Waals surface area (Å²) < 4.78 is 83.7. The van der Waals surface area contributed by atoms with Crippen LogP contribution in [-0.4, -0.2) is 6.03 Å². The van der Waals surface area contributed by atoms with Gasteiger partial charge in [0.25, 0.3) is 0 Å². The van der Waals surface area contributed by atoms with Crippen LogP contribution >= 0.6 is 11.6 Å². The number of alkyl halides is 6. The van der Waals surface area contributed by atoms with Crippen molar-refractivity contribution in [1.82, 2.24) is 0 Å². The molecule has 0 heterocycles. The average molecular weight is 514 g/mol. The highest BCUT2D eigenvalue weighted by Gasteiger charge is 2.37. The number of carbonyl (C=O) groups excluding carboxylic acids is 1. The third-order valence-corrected chi connectivity index (χ3v) is 4.89. The van der Waals surface area contributed by atoms with Crippen molar-refractivity contribution in [2.75, 3.05) is 10.6 Å². The number of aryl methyl sites for hydroxylation is 1. The number of amides is 2. The molecule has 0 aliphatic carbocycles. The van der Waals surface area contributed by atoms with Crippen molar-refractivity contribution in [2.45, 2.75) is 19.3 Å². The number of carbonyl (C=O) groups is 1. The van der Waals surface area contributed by atoms with Gasteiger partial charge in [-0.25, -0.2) is 4.79 Å². The van der Waals surface area contributed by atoms with Gasteiger partial charge in [0.15, 0.2) is 0 Å². The van der Waals surface area contributed by atoms with Crippen LogP contribution in [0.5, 0.6) is 11.5 Å². The van der Waals surface area contributed by atoms with Gasteiger partial charge in [0.1, 0.15) is 11.5 Å². The highest BCUT2D eigenvalue weighted by molar-refractivity contribution is 6.32. The average Bonchev–Trinajstić information content (AvgIpc) is 2.75. The molecule has 0 aromatic heterocycles. The maximum atomic E-state index is 13.0. The lowest BCUT2D eigenvalue weighted by atomic mass is 10.1. The Morgan fingerprint density at radius 2 is 1.49 bits per heavy atom. The van der Waals surface area contributed by atoms with Gasteiger partial charge in [0, 0.05) is 17.4 Å². The molecular formula is C23H14ClF6N3O2. The lowest BCUT2D eigenvalue weighted by Crippen LogP contribution is -2.20. The van der Waals surface area contributed by atoms with Gasteiger partial charge in [0.05, 0.1) is 27.8 Å². The van der Waals surface area contributed by atoms with Crippen LogP contribution in [0.25, 0.3) is 0 Å². The third kappa shape index (κ3) is 6.58. The van der Waals surface area contributed by atoms with Gasteiger partial charge in [-0.3, -0.25) is 0 Å². The Kier molecular flexibility index (Phi) is 7.17. The molecule has 0 radical (unpaired) electrons. The highest BCUT2D eigenvalue weighted by atomic mass is 35.5. The first-order valence-corrected chi connectivity index (χ1v) is 9.99. The van der Waals surface area contributed by atoms with Gasteiger partial charge in [-0.05, 0) is 61.0 Å². The van der Waals surface area contributed by atoms with Gasteiger partial charge in [-0.15, -0.1) is 0 Å². The van der Waals surface area contributed by atoms with E-state index < -0.39 is 35.2 Å². The van der Waals surface area contributed by atoms with Gasteiger partial charge in [-0.1, -0.05) is 11.6 Å². The number of nitrogens with one attached hydrogen (secondary N) is 2. The number of rotatable bonds is 4. The molecule has 35 heavy (non-hydrogen) atoms. The van der Waals surface area contributed by atoms with Gasteiger partial charge in [-0.2, -0.15) is 31.6 Å². The summed E-state index contributed by atoms with van der Waals surface area (Å²) in [5.41, 5.74) is -2.66. The Balaban J connectivity index is 1.80. The summed E-state index contributed by atoms with van der Waals surface area (Å²) in [6, 6.07) is 10.3. The van der Waals surface area contributed by atoms with E-state index in [1.807, 2.05) is 11.4 Å². The highest BCUT2D eigenvalue weighted by Crippen LogP contribution is 2.38. The van der Waals surface area contributed by atoms with Gasteiger partial charge < -0.3 is 15.4 Å². The number of anilines is 2. The summed E-state index contributed by atoms with van der Waals surface area (Å²) in [6.45, 7) is 1.70. The lowest BCUT2D eigenvalue weighted by molar-refractivity contribution is -0.143. The smallest absolute Gasteiger partial charge is 0.416 e. The number of hydrogen-bond acceptors (Lipinski definition) is 3. The van der Waals surface area contributed by atoms with Gasteiger partial charge >= 0.3 is 18.4 Å². The van der Waals surface area contributed by atoms with Crippen LogP contribution in [0.1, 0.15) is 22.3 Å². The van der Waals surface area contributed by atoms with E-state index >= 15 is 0 Å². The number of nitrogens with zero attached hydrogens (tertiary/aromatic N) is 1. The molecule has 0 aliphatic heterocycles. The first-order chi connectivity index (χ1) is 16.3. The number of nitriles is 1. The third-order valence-electron chi connectivity index (χ3n) is 4.58. The molecule has 0 fully saturated rings. The Hall–Kier alpha value is -3.91. The minimum absolute atomic E-state index is 0.0449. The summed E-state index contributed by atoms with van der Waals surface area (Å²) in [6.07, 6.45) is -10.1. The standard InChI is InChI=1S/C23H14ClF6N3O2/c1-12-6-18(4-2-13(12)11-31)35-20-10-16(3-5-19(20)24)32-21(34)33-17-8-14(22(25,26)27)7-15(9-17)23(28,29)30/h2-10H,1H3,(H2,32,33,34). The number of ether oxygens (including phenoxy) is 1. The van der Waals surface area contributed by atoms with Crippen LogP contribution in [0.3, 0.4) is 0 Å². The first-order valence-electron chi connectivity index (χ1n) is 9.62. The van der Waals surface area contributed by atoms with Crippen molar-refractivity contribution < 1.29 is 35.9 Å². The van der Waals surface area contributed by atoms with Crippen LogP contribution in [0.15, 0.2) is 54.6 Å². The fraction of sp³-hybridized carbons (Fsp3) is 0.130. The van der Waals surface area contributed by atoms with Crippen LogP contribution in [-0.2, 0) is 12.4 Å². The molecule has 0 unspecified atom stereocenters. The second kappa shape index (κ2) is 9.76. The summed E-state index contributed by atoms with van der Waals surface area (Å²) in [5, 5.41) is 13.4. The van der Waals surface area contributed by atoms with Crippen LogP contribution < -0.4 is 15.4 Å². The molecule has 2 N–H and O–H groups in total. The van der Waals surface area contributed by atoms with E-state index in [-0.39, 0.29) is 22.5 Å². The maximum Gasteiger partial charge on any atom is 0.416 e. The zero-order chi connectivity index (χ0) is 26.0. The quantitative estimate of drug-likeness (QED) is 0.347. The first kappa shape index (κ1) is 25.7. The number of halogens is 7. The van der Waals surface area contributed by atoms with Crippen LogP contribution in [0.4, 0.5) is 42.5 Å². The Bertz CT molecular complexity index is 1280. The van der Waals surface area contributed by atoms with Crippen molar-refractivity contribution in [1.29, 1.82) is 5.26 Å². The monoisotopic (exact) mass is 513 g/mol. The van der Waals surface area contributed by atoms with Crippen molar-refractivity contribution in [2.24, 2.45) is 0 Å². The minimum atomic E-state index is -5.06. The predicted molar refractivity (Wildman–Crippen MR) is 117 cm³/mol. The molecule has 0 spiro atoms. The molecule has 0 bridgehead atoms. The minimum Gasteiger partial charge on any atom is -0.456 e. The summed E-state index contributed by atoms with van der Waals surface area (Å²) >= 11 is 6.11. The maximum absolute atomic E-state index is 13.0. The van der Waals surface area contributed by atoms with Crippen LogP contribution in [0.2, 0.25) is 5.02 Å². The summed E-state index contributed by atoms with van der Waals surface area (Å²) in [4.78, 5) is 12.3. The van der Waals surface area contributed by atoms with Crippen molar-refractivity contribution in [3.63, 3.8) is 0 Å². The normalized spacial score (nSPS) is 11.5. The fourth-order valence-corrected chi connectivity index (χ4v) is 3.09. The molecule has 0 saturated carbocycles. The molecule has 2 amide bonds. The molecule has 0 saturated heterocycles. The topological polar surface area (TPSA) is 74.2 Å². The Morgan fingerprint density at radius 1 is 0.886 bits per heavy atom. The van der Waals surface area contributed by atoms with Gasteiger partial charge in [0.2, 0.25) is 0 Å². The zero-order valence-electron chi connectivity index (χ0n) is 17.6. The molecule has 182 valence electrons. The van der Waals surface area contributed by atoms with E-state index in [2.05, 4.69) is 5.32 Å². The Labute approximate surface area is 199 Å². The second-order valence-electron chi connectivity index (χ2n) is 7.21.